The molecule has 60 valence electrons. The van der Waals surface area contributed by atoms with Gasteiger partial charge in [0.25, 0.3) is 0 Å². The first-order chi connectivity index (χ1) is 4.66. The summed E-state index contributed by atoms with van der Waals surface area (Å²) in [7, 11) is 0. The van der Waals surface area contributed by atoms with Crippen LogP contribution in [0.1, 0.15) is 20.8 Å². The van der Waals surface area contributed by atoms with Gasteiger partial charge in [0.05, 0.1) is 12.7 Å². The number of rotatable bonds is 3. The van der Waals surface area contributed by atoms with Gasteiger partial charge in [0, 0.05) is 0 Å². The van der Waals surface area contributed by atoms with Crippen molar-refractivity contribution in [3.8, 4) is 0 Å². The van der Waals surface area contributed by atoms with Crippen molar-refractivity contribution in [3.63, 3.8) is 0 Å². The van der Waals surface area contributed by atoms with E-state index >= 15 is 0 Å². The maximum Gasteiger partial charge on any atom is 0.540 e. The van der Waals surface area contributed by atoms with Crippen LogP contribution in [0.5, 0.6) is 0 Å². The van der Waals surface area contributed by atoms with Gasteiger partial charge in [-0.05, 0) is 20.8 Å². The zero-order valence-corrected chi connectivity index (χ0v) is 6.42. The average molecular weight is 148 g/mol. The minimum absolute atomic E-state index is 0.173. The van der Waals surface area contributed by atoms with Crippen LogP contribution in [0.4, 0.5) is 4.79 Å². The molecule has 0 saturated heterocycles. The summed E-state index contributed by atoms with van der Waals surface area (Å²) in [5.41, 5.74) is 0. The zero-order valence-electron chi connectivity index (χ0n) is 6.42. The second kappa shape index (κ2) is 5.05. The molecule has 0 atom stereocenters. The molecule has 0 heterocycles. The Hall–Kier alpha value is -0.770. The van der Waals surface area contributed by atoms with Crippen LogP contribution in [0, 0.1) is 0 Å². The summed E-state index contributed by atoms with van der Waals surface area (Å²) in [4.78, 5) is 18.9. The van der Waals surface area contributed by atoms with Crippen LogP contribution >= 0.6 is 0 Å². The fraction of sp³-hybridized carbons (Fsp3) is 0.833. The second-order valence-electron chi connectivity index (χ2n) is 1.91. The van der Waals surface area contributed by atoms with Gasteiger partial charge in [-0.25, -0.2) is 4.79 Å². The maximum absolute atomic E-state index is 10.4. The number of hydrogen-bond acceptors (Lipinski definition) is 4. The molecule has 0 radical (unpaired) electrons. The summed E-state index contributed by atoms with van der Waals surface area (Å²) in [6.07, 6.45) is -0.968. The van der Waals surface area contributed by atoms with Gasteiger partial charge in [-0.15, -0.1) is 0 Å². The van der Waals surface area contributed by atoms with Crippen LogP contribution in [-0.4, -0.2) is 18.9 Å². The minimum Gasteiger partial charge on any atom is -0.430 e. The Balaban J connectivity index is 3.26. The predicted molar refractivity (Wildman–Crippen MR) is 34.3 cm³/mol. The molecule has 4 nitrogen and oxygen atoms in total. The predicted octanol–water partition coefficient (Wildman–Crippen LogP) is 1.50. The lowest BCUT2D eigenvalue weighted by Gasteiger charge is -2.05. The molecule has 0 rings (SSSR count). The lowest BCUT2D eigenvalue weighted by atomic mass is 10.5. The normalized spacial score (nSPS) is 9.60. The van der Waals surface area contributed by atoms with E-state index in [1.165, 1.54) is 0 Å². The van der Waals surface area contributed by atoms with Crippen molar-refractivity contribution in [1.82, 2.24) is 0 Å². The molecule has 0 bridgehead atoms. The number of ether oxygens (including phenoxy) is 1. The Morgan fingerprint density at radius 1 is 1.50 bits per heavy atom. The fourth-order valence-electron chi connectivity index (χ4n) is 0.319. The van der Waals surface area contributed by atoms with Crippen molar-refractivity contribution >= 4 is 6.16 Å². The van der Waals surface area contributed by atoms with Gasteiger partial charge in [0.2, 0.25) is 0 Å². The molecule has 0 amide bonds. The molecule has 0 N–H and O–H groups in total. The third-order valence-corrected chi connectivity index (χ3v) is 0.577. The van der Waals surface area contributed by atoms with E-state index < -0.39 is 6.16 Å². The van der Waals surface area contributed by atoms with Gasteiger partial charge in [0.1, 0.15) is 0 Å². The van der Waals surface area contributed by atoms with Crippen molar-refractivity contribution in [1.29, 1.82) is 0 Å². The van der Waals surface area contributed by atoms with Gasteiger partial charge in [-0.3, -0.25) is 4.89 Å². The van der Waals surface area contributed by atoms with Crippen molar-refractivity contribution in [2.24, 2.45) is 0 Å². The van der Waals surface area contributed by atoms with E-state index in [2.05, 4.69) is 14.5 Å². The Labute approximate surface area is 60.0 Å². The quantitative estimate of drug-likeness (QED) is 0.345. The highest BCUT2D eigenvalue weighted by Crippen LogP contribution is 1.92. The molecule has 0 aromatic heterocycles. The van der Waals surface area contributed by atoms with E-state index in [0.717, 1.165) is 0 Å². The number of carbonyl (C=O) groups is 1. The molecule has 0 fully saturated rings. The van der Waals surface area contributed by atoms with E-state index in [9.17, 15) is 4.79 Å². The van der Waals surface area contributed by atoms with Gasteiger partial charge in [-0.1, -0.05) is 0 Å². The van der Waals surface area contributed by atoms with Crippen LogP contribution < -0.4 is 0 Å². The molecule has 0 aromatic carbocycles. The van der Waals surface area contributed by atoms with Crippen LogP contribution in [0.3, 0.4) is 0 Å². The van der Waals surface area contributed by atoms with Crippen LogP contribution in [0.2, 0.25) is 0 Å². The smallest absolute Gasteiger partial charge is 0.430 e. The lowest BCUT2D eigenvalue weighted by Crippen LogP contribution is -2.13. The summed E-state index contributed by atoms with van der Waals surface area (Å²) in [6, 6.07) is 0. The third-order valence-electron chi connectivity index (χ3n) is 0.577. The first-order valence-corrected chi connectivity index (χ1v) is 3.17. The van der Waals surface area contributed by atoms with Gasteiger partial charge < -0.3 is 4.74 Å². The maximum atomic E-state index is 10.4. The standard InChI is InChI=1S/C6H12O4/c1-4-8-10-6(7)9-5(2)3/h5H,4H2,1-3H3. The average Bonchev–Trinajstić information content (AvgIpc) is 1.82. The highest BCUT2D eigenvalue weighted by molar-refractivity contribution is 5.59. The van der Waals surface area contributed by atoms with Crippen molar-refractivity contribution in [2.45, 2.75) is 26.9 Å². The Morgan fingerprint density at radius 2 is 2.10 bits per heavy atom. The molecule has 4 heteroatoms. The van der Waals surface area contributed by atoms with Gasteiger partial charge >= 0.3 is 6.16 Å². The fourth-order valence-corrected chi connectivity index (χ4v) is 0.319. The number of hydrogen-bond donors (Lipinski definition) is 0. The Kier molecular flexibility index (Phi) is 4.66. The third kappa shape index (κ3) is 5.37. The summed E-state index contributed by atoms with van der Waals surface area (Å²) < 4.78 is 4.57. The molecular weight excluding hydrogens is 136 g/mol. The molecule has 10 heavy (non-hydrogen) atoms. The van der Waals surface area contributed by atoms with Crippen LogP contribution in [0.25, 0.3) is 0 Å². The van der Waals surface area contributed by atoms with E-state index in [0.29, 0.717) is 6.61 Å². The first-order valence-electron chi connectivity index (χ1n) is 3.17. The van der Waals surface area contributed by atoms with Crippen molar-refractivity contribution < 1.29 is 19.3 Å². The molecule has 0 saturated carbocycles. The van der Waals surface area contributed by atoms with Crippen LogP contribution in [0.15, 0.2) is 0 Å². The lowest BCUT2D eigenvalue weighted by molar-refractivity contribution is -0.253. The Morgan fingerprint density at radius 3 is 2.50 bits per heavy atom. The molecular formula is C6H12O4. The van der Waals surface area contributed by atoms with Crippen LogP contribution in [-0.2, 0) is 14.5 Å². The summed E-state index contributed by atoms with van der Waals surface area (Å²) in [5, 5.41) is 0. The van der Waals surface area contributed by atoms with E-state index in [4.69, 9.17) is 0 Å². The molecule has 0 aliphatic carbocycles. The second-order valence-corrected chi connectivity index (χ2v) is 1.91. The summed E-state index contributed by atoms with van der Waals surface area (Å²) in [6.45, 7) is 5.50. The summed E-state index contributed by atoms with van der Waals surface area (Å²) >= 11 is 0. The topological polar surface area (TPSA) is 44.8 Å². The largest absolute Gasteiger partial charge is 0.540 e. The van der Waals surface area contributed by atoms with Gasteiger partial charge in [0.15, 0.2) is 0 Å². The molecule has 0 spiro atoms. The van der Waals surface area contributed by atoms with E-state index in [-0.39, 0.29) is 6.10 Å². The molecule has 0 aliphatic rings. The van der Waals surface area contributed by atoms with Gasteiger partial charge in [-0.2, -0.15) is 4.89 Å². The van der Waals surface area contributed by atoms with E-state index in [1.807, 2.05) is 0 Å². The van der Waals surface area contributed by atoms with Crippen molar-refractivity contribution in [3.05, 3.63) is 0 Å². The SMILES string of the molecule is CCOOC(=O)OC(C)C. The zero-order chi connectivity index (χ0) is 7.98. The highest BCUT2D eigenvalue weighted by Gasteiger charge is 2.05. The van der Waals surface area contributed by atoms with E-state index in [1.54, 1.807) is 20.8 Å². The van der Waals surface area contributed by atoms with Crippen molar-refractivity contribution in [2.75, 3.05) is 6.61 Å². The molecule has 0 unspecified atom stereocenters. The molecule has 0 aliphatic heterocycles. The first kappa shape index (κ1) is 9.23. The minimum atomic E-state index is -0.795. The monoisotopic (exact) mass is 148 g/mol. The highest BCUT2D eigenvalue weighted by atomic mass is 17.2. The summed E-state index contributed by atoms with van der Waals surface area (Å²) in [5.74, 6) is 0. The number of carbonyl (C=O) groups excluding carboxylic acids is 1. The Bertz CT molecular complexity index is 99.9. The molecule has 0 aromatic rings.